The van der Waals surface area contributed by atoms with Crippen LogP contribution in [0.3, 0.4) is 0 Å². The fourth-order valence-corrected chi connectivity index (χ4v) is 2.19. The summed E-state index contributed by atoms with van der Waals surface area (Å²) in [5.41, 5.74) is -1.01. The van der Waals surface area contributed by atoms with Crippen LogP contribution in [0.2, 0.25) is 0 Å². The predicted octanol–water partition coefficient (Wildman–Crippen LogP) is -0.181. The van der Waals surface area contributed by atoms with Crippen LogP contribution < -0.4 is 5.32 Å². The van der Waals surface area contributed by atoms with Crippen LogP contribution >= 0.6 is 0 Å². The lowest BCUT2D eigenvalue weighted by molar-refractivity contribution is -0.151. The van der Waals surface area contributed by atoms with Crippen molar-refractivity contribution in [2.45, 2.75) is 44.2 Å². The van der Waals surface area contributed by atoms with Gasteiger partial charge in [0.25, 0.3) is 0 Å². The molecule has 1 aliphatic heterocycles. The first-order valence-electron chi connectivity index (χ1n) is 6.15. The molecule has 6 nitrogen and oxygen atoms in total. The van der Waals surface area contributed by atoms with E-state index in [4.69, 9.17) is 4.74 Å². The molecule has 18 heavy (non-hydrogen) atoms. The van der Waals surface area contributed by atoms with Gasteiger partial charge in [0.05, 0.1) is 13.7 Å². The first kappa shape index (κ1) is 13.0. The third-order valence-corrected chi connectivity index (χ3v) is 3.37. The Bertz CT molecular complexity index is 376. The number of nitrogens with zero attached hydrogens (tertiary/aromatic N) is 1. The molecular formula is C12H18N2O4. The Morgan fingerprint density at radius 2 is 1.94 bits per heavy atom. The number of hydrogen-bond donors (Lipinski definition) is 1. The summed E-state index contributed by atoms with van der Waals surface area (Å²) < 4.78 is 4.77. The maximum absolute atomic E-state index is 11.9. The predicted molar refractivity (Wildman–Crippen MR) is 62.5 cm³/mol. The van der Waals surface area contributed by atoms with Crippen molar-refractivity contribution < 1.29 is 19.1 Å². The van der Waals surface area contributed by atoms with Gasteiger partial charge in [-0.3, -0.25) is 19.8 Å². The van der Waals surface area contributed by atoms with E-state index in [-0.39, 0.29) is 37.2 Å². The van der Waals surface area contributed by atoms with Crippen LogP contribution in [0.4, 0.5) is 0 Å². The van der Waals surface area contributed by atoms with Crippen LogP contribution in [-0.2, 0) is 19.1 Å². The molecule has 1 saturated carbocycles. The first-order valence-corrected chi connectivity index (χ1v) is 6.15. The molecule has 6 heteroatoms. The molecule has 2 amide bonds. The van der Waals surface area contributed by atoms with E-state index < -0.39 is 11.5 Å². The van der Waals surface area contributed by atoms with Gasteiger partial charge in [-0.25, -0.2) is 4.79 Å². The van der Waals surface area contributed by atoms with Crippen LogP contribution in [0.5, 0.6) is 0 Å². The van der Waals surface area contributed by atoms with E-state index in [2.05, 4.69) is 5.32 Å². The first-order chi connectivity index (χ1) is 8.46. The Morgan fingerprint density at radius 3 is 2.39 bits per heavy atom. The largest absolute Gasteiger partial charge is 0.468 e. The minimum absolute atomic E-state index is 0.0494. The molecule has 1 atom stereocenters. The van der Waals surface area contributed by atoms with Crippen molar-refractivity contribution in [3.63, 3.8) is 0 Å². The van der Waals surface area contributed by atoms with Gasteiger partial charge in [-0.05, 0) is 19.8 Å². The highest BCUT2D eigenvalue weighted by Gasteiger charge is 2.44. The Balaban J connectivity index is 2.10. The Labute approximate surface area is 106 Å². The zero-order chi connectivity index (χ0) is 13.3. The smallest absolute Gasteiger partial charge is 0.327 e. The lowest BCUT2D eigenvalue weighted by Crippen LogP contribution is -2.59. The molecule has 0 radical (unpaired) electrons. The summed E-state index contributed by atoms with van der Waals surface area (Å²) in [4.78, 5) is 36.2. The Hall–Kier alpha value is -1.43. The lowest BCUT2D eigenvalue weighted by Gasteiger charge is -2.31. The van der Waals surface area contributed by atoms with Crippen molar-refractivity contribution in [3.8, 4) is 0 Å². The summed E-state index contributed by atoms with van der Waals surface area (Å²) in [5.74, 6) is -0.873. The van der Waals surface area contributed by atoms with Gasteiger partial charge in [0.2, 0.25) is 11.8 Å². The summed E-state index contributed by atoms with van der Waals surface area (Å²) in [6.45, 7) is 1.73. The number of likely N-dealkylation sites (tertiary alicyclic amines) is 1. The molecule has 0 aromatic rings. The lowest BCUT2D eigenvalue weighted by atomic mass is 10.0. The zero-order valence-electron chi connectivity index (χ0n) is 10.7. The average Bonchev–Trinajstić information content (AvgIpc) is 3.09. The molecule has 2 aliphatic rings. The number of methoxy groups -OCH3 is 1. The van der Waals surface area contributed by atoms with E-state index in [0.717, 1.165) is 17.7 Å². The molecule has 1 saturated heterocycles. The molecule has 100 valence electrons. The van der Waals surface area contributed by atoms with Crippen LogP contribution in [0, 0.1) is 0 Å². The summed E-state index contributed by atoms with van der Waals surface area (Å²) in [6, 6.07) is 0.280. The number of esters is 1. The van der Waals surface area contributed by atoms with Crippen molar-refractivity contribution in [2.75, 3.05) is 13.7 Å². The van der Waals surface area contributed by atoms with Crippen molar-refractivity contribution in [1.29, 1.82) is 0 Å². The minimum Gasteiger partial charge on any atom is -0.468 e. The molecule has 0 bridgehead atoms. The average molecular weight is 254 g/mol. The number of nitrogens with one attached hydrogen (secondary N) is 1. The number of rotatable bonds is 5. The molecule has 0 aromatic heterocycles. The van der Waals surface area contributed by atoms with E-state index in [1.807, 2.05) is 0 Å². The minimum atomic E-state index is -1.01. The fourth-order valence-electron chi connectivity index (χ4n) is 2.19. The molecular weight excluding hydrogens is 236 g/mol. The summed E-state index contributed by atoms with van der Waals surface area (Å²) in [6.07, 6.45) is 2.49. The topological polar surface area (TPSA) is 75.7 Å². The van der Waals surface area contributed by atoms with Crippen molar-refractivity contribution in [2.24, 2.45) is 0 Å². The van der Waals surface area contributed by atoms with Crippen molar-refractivity contribution in [1.82, 2.24) is 10.2 Å². The van der Waals surface area contributed by atoms with E-state index in [1.54, 1.807) is 6.92 Å². The maximum Gasteiger partial charge on any atom is 0.327 e. The molecule has 1 unspecified atom stereocenters. The van der Waals surface area contributed by atoms with Crippen LogP contribution in [0.15, 0.2) is 0 Å². The fraction of sp³-hybridized carbons (Fsp3) is 0.750. The molecule has 2 fully saturated rings. The molecule has 1 aliphatic carbocycles. The Morgan fingerprint density at radius 1 is 1.39 bits per heavy atom. The van der Waals surface area contributed by atoms with Crippen LogP contribution in [0.1, 0.15) is 32.6 Å². The quantitative estimate of drug-likeness (QED) is 0.544. The summed E-state index contributed by atoms with van der Waals surface area (Å²) >= 11 is 0. The summed E-state index contributed by atoms with van der Waals surface area (Å²) in [5, 5.41) is 3.17. The van der Waals surface area contributed by atoms with Gasteiger partial charge in [0.1, 0.15) is 5.54 Å². The second-order valence-corrected chi connectivity index (χ2v) is 5.12. The molecule has 1 N–H and O–H groups in total. The third kappa shape index (κ3) is 2.53. The monoisotopic (exact) mass is 254 g/mol. The van der Waals surface area contributed by atoms with E-state index in [0.29, 0.717) is 0 Å². The summed E-state index contributed by atoms with van der Waals surface area (Å²) in [7, 11) is 1.31. The highest BCUT2D eigenvalue weighted by molar-refractivity contribution is 6.02. The van der Waals surface area contributed by atoms with Gasteiger partial charge < -0.3 is 4.74 Å². The van der Waals surface area contributed by atoms with Gasteiger partial charge in [-0.2, -0.15) is 0 Å². The van der Waals surface area contributed by atoms with Crippen LogP contribution in [0.25, 0.3) is 0 Å². The highest BCUT2D eigenvalue weighted by atomic mass is 16.5. The normalized spacial score (nSPS) is 23.1. The second-order valence-electron chi connectivity index (χ2n) is 5.12. The Kier molecular flexibility index (Phi) is 3.38. The molecule has 2 rings (SSSR count). The van der Waals surface area contributed by atoms with Gasteiger partial charge in [-0.1, -0.05) is 0 Å². The second kappa shape index (κ2) is 4.68. The van der Waals surface area contributed by atoms with Gasteiger partial charge in [0, 0.05) is 18.9 Å². The molecule has 0 spiro atoms. The van der Waals surface area contributed by atoms with Crippen molar-refractivity contribution >= 4 is 17.8 Å². The zero-order valence-corrected chi connectivity index (χ0v) is 10.7. The number of imide groups is 1. The highest BCUT2D eigenvalue weighted by Crippen LogP contribution is 2.25. The van der Waals surface area contributed by atoms with E-state index in [9.17, 15) is 14.4 Å². The van der Waals surface area contributed by atoms with E-state index >= 15 is 0 Å². The number of ether oxygens (including phenoxy) is 1. The maximum atomic E-state index is 11.9. The number of hydrogen-bond acceptors (Lipinski definition) is 5. The number of carbonyl (C=O) groups excluding carboxylic acids is 3. The van der Waals surface area contributed by atoms with Crippen molar-refractivity contribution in [3.05, 3.63) is 0 Å². The van der Waals surface area contributed by atoms with E-state index in [1.165, 1.54) is 7.11 Å². The van der Waals surface area contributed by atoms with Gasteiger partial charge >= 0.3 is 5.97 Å². The SMILES string of the molecule is COC(=O)C(C)(CN1C(=O)CCC1=O)NC1CC1. The number of amides is 2. The van der Waals surface area contributed by atoms with Gasteiger partial charge in [-0.15, -0.1) is 0 Å². The molecule has 1 heterocycles. The third-order valence-electron chi connectivity index (χ3n) is 3.37. The van der Waals surface area contributed by atoms with Crippen LogP contribution in [-0.4, -0.2) is 47.9 Å². The van der Waals surface area contributed by atoms with Gasteiger partial charge in [0.15, 0.2) is 0 Å². The number of carbonyl (C=O) groups is 3. The standard InChI is InChI=1S/C12H18N2O4/c1-12(11(17)18-2,13-8-3-4-8)7-14-9(15)5-6-10(14)16/h8,13H,3-7H2,1-2H3. The molecule has 0 aromatic carbocycles.